The molecular weight excluding hydrogens is 373 g/mol. The van der Waals surface area contributed by atoms with Crippen molar-refractivity contribution < 1.29 is 22.7 Å². The molecular formula is C19H17F3N4O2. The summed E-state index contributed by atoms with van der Waals surface area (Å²) in [7, 11) is 1.82. The summed E-state index contributed by atoms with van der Waals surface area (Å²) >= 11 is 0. The standard InChI is InChI=1S/C19H17F3N4O2/c1-26-10-9-23-17(26)16(13-5-3-2-4-6-13)25-18(27)14-7-8-15(24-11-14)28-12-19(20,21)22/h2-11,16H,12H2,1H3,(H,25,27). The minimum Gasteiger partial charge on any atom is -0.468 e. The predicted octanol–water partition coefficient (Wildman–Crippen LogP) is 3.28. The SMILES string of the molecule is Cn1ccnc1C(NC(=O)c1ccc(OCC(F)(F)F)nc1)c1ccccc1. The lowest BCUT2D eigenvalue weighted by molar-refractivity contribution is -0.154. The lowest BCUT2D eigenvalue weighted by atomic mass is 10.1. The Morgan fingerprint density at radius 1 is 1.18 bits per heavy atom. The number of carbonyl (C=O) groups is 1. The molecule has 1 aromatic carbocycles. The number of aromatic nitrogens is 3. The van der Waals surface area contributed by atoms with Crippen molar-refractivity contribution in [3.05, 3.63) is 78.0 Å². The Morgan fingerprint density at radius 3 is 2.50 bits per heavy atom. The van der Waals surface area contributed by atoms with Crippen molar-refractivity contribution in [3.8, 4) is 5.88 Å². The molecule has 2 aromatic heterocycles. The van der Waals surface area contributed by atoms with Gasteiger partial charge in [0, 0.05) is 31.7 Å². The molecule has 1 atom stereocenters. The summed E-state index contributed by atoms with van der Waals surface area (Å²) in [4.78, 5) is 20.7. The Labute approximate surface area is 159 Å². The largest absolute Gasteiger partial charge is 0.468 e. The molecule has 28 heavy (non-hydrogen) atoms. The third-order valence-electron chi connectivity index (χ3n) is 3.91. The Balaban J connectivity index is 1.76. The molecule has 146 valence electrons. The molecule has 0 fully saturated rings. The third kappa shape index (κ3) is 4.87. The first-order valence-corrected chi connectivity index (χ1v) is 8.32. The van der Waals surface area contributed by atoms with Crippen molar-refractivity contribution >= 4 is 5.91 Å². The molecule has 1 amide bonds. The summed E-state index contributed by atoms with van der Waals surface area (Å²) in [6.07, 6.45) is 0.113. The zero-order chi connectivity index (χ0) is 20.1. The Morgan fingerprint density at radius 2 is 1.93 bits per heavy atom. The smallest absolute Gasteiger partial charge is 0.422 e. The van der Waals surface area contributed by atoms with Crippen molar-refractivity contribution in [2.75, 3.05) is 6.61 Å². The van der Waals surface area contributed by atoms with Gasteiger partial charge in [-0.3, -0.25) is 4.79 Å². The molecule has 0 saturated heterocycles. The fraction of sp³-hybridized carbons (Fsp3) is 0.211. The van der Waals surface area contributed by atoms with E-state index in [1.807, 2.05) is 37.4 Å². The number of rotatable bonds is 6. The van der Waals surface area contributed by atoms with E-state index in [1.165, 1.54) is 18.3 Å². The van der Waals surface area contributed by atoms with E-state index in [-0.39, 0.29) is 11.4 Å². The maximum Gasteiger partial charge on any atom is 0.422 e. The van der Waals surface area contributed by atoms with Gasteiger partial charge < -0.3 is 14.6 Å². The summed E-state index contributed by atoms with van der Waals surface area (Å²) in [6, 6.07) is 11.4. The predicted molar refractivity (Wildman–Crippen MR) is 94.7 cm³/mol. The number of aryl methyl sites for hydroxylation is 1. The van der Waals surface area contributed by atoms with Crippen LogP contribution in [0.3, 0.4) is 0 Å². The van der Waals surface area contributed by atoms with Crippen molar-refractivity contribution in [3.63, 3.8) is 0 Å². The van der Waals surface area contributed by atoms with Crippen LogP contribution in [0.4, 0.5) is 13.2 Å². The Hall–Kier alpha value is -3.36. The second-order valence-electron chi connectivity index (χ2n) is 6.00. The highest BCUT2D eigenvalue weighted by Crippen LogP contribution is 2.21. The van der Waals surface area contributed by atoms with Crippen LogP contribution < -0.4 is 10.1 Å². The van der Waals surface area contributed by atoms with Gasteiger partial charge in [0.1, 0.15) is 11.9 Å². The number of amides is 1. The minimum absolute atomic E-state index is 0.189. The molecule has 0 spiro atoms. The highest BCUT2D eigenvalue weighted by atomic mass is 19.4. The highest BCUT2D eigenvalue weighted by Gasteiger charge is 2.28. The van der Waals surface area contributed by atoms with Crippen molar-refractivity contribution in [1.29, 1.82) is 0 Å². The fourth-order valence-electron chi connectivity index (χ4n) is 2.57. The first kappa shape index (κ1) is 19.4. The van der Waals surface area contributed by atoms with Crippen molar-refractivity contribution in [1.82, 2.24) is 19.9 Å². The molecule has 1 unspecified atom stereocenters. The average Bonchev–Trinajstić information content (AvgIpc) is 3.10. The van der Waals surface area contributed by atoms with E-state index >= 15 is 0 Å². The first-order chi connectivity index (χ1) is 13.3. The number of carbonyl (C=O) groups excluding carboxylic acids is 1. The summed E-state index contributed by atoms with van der Waals surface area (Å²) < 4.78 is 42.9. The molecule has 9 heteroatoms. The maximum atomic E-state index is 12.7. The lowest BCUT2D eigenvalue weighted by Crippen LogP contribution is -2.31. The topological polar surface area (TPSA) is 69.0 Å². The molecule has 0 bridgehead atoms. The van der Waals surface area contributed by atoms with Gasteiger partial charge in [-0.15, -0.1) is 0 Å². The second-order valence-corrected chi connectivity index (χ2v) is 6.00. The van der Waals surface area contributed by atoms with Crippen molar-refractivity contribution in [2.24, 2.45) is 7.05 Å². The summed E-state index contributed by atoms with van der Waals surface area (Å²) in [5, 5.41) is 2.89. The third-order valence-corrected chi connectivity index (χ3v) is 3.91. The number of halogens is 3. The summed E-state index contributed by atoms with van der Waals surface area (Å²) in [5.74, 6) is -0.0121. The lowest BCUT2D eigenvalue weighted by Gasteiger charge is -2.19. The number of imidazole rings is 1. The van der Waals surface area contributed by atoms with Gasteiger partial charge >= 0.3 is 6.18 Å². The molecule has 0 saturated carbocycles. The molecule has 0 aliphatic heterocycles. The number of ether oxygens (including phenoxy) is 1. The van der Waals surface area contributed by atoms with Crippen molar-refractivity contribution in [2.45, 2.75) is 12.2 Å². The maximum absolute atomic E-state index is 12.7. The minimum atomic E-state index is -4.46. The molecule has 0 aliphatic carbocycles. The quantitative estimate of drug-likeness (QED) is 0.701. The zero-order valence-corrected chi connectivity index (χ0v) is 14.8. The van der Waals surface area contributed by atoms with Crippen LogP contribution in [-0.4, -0.2) is 33.2 Å². The van der Waals surface area contributed by atoms with E-state index < -0.39 is 24.7 Å². The van der Waals surface area contributed by atoms with Gasteiger partial charge in [-0.05, 0) is 11.6 Å². The van der Waals surface area contributed by atoms with E-state index in [2.05, 4.69) is 20.0 Å². The fourth-order valence-corrected chi connectivity index (χ4v) is 2.57. The molecule has 3 aromatic rings. The number of hydrogen-bond acceptors (Lipinski definition) is 4. The van der Waals surface area contributed by atoms with E-state index in [1.54, 1.807) is 17.0 Å². The number of benzene rings is 1. The van der Waals surface area contributed by atoms with E-state index in [0.717, 1.165) is 5.56 Å². The highest BCUT2D eigenvalue weighted by molar-refractivity contribution is 5.94. The van der Waals surface area contributed by atoms with Crippen LogP contribution >= 0.6 is 0 Å². The summed E-state index contributed by atoms with van der Waals surface area (Å²) in [5.41, 5.74) is 1.03. The van der Waals surface area contributed by atoms with Gasteiger partial charge in [0.25, 0.3) is 5.91 Å². The van der Waals surface area contributed by atoms with Crippen LogP contribution in [0.2, 0.25) is 0 Å². The molecule has 2 heterocycles. The van der Waals surface area contributed by atoms with Crippen LogP contribution in [0.25, 0.3) is 0 Å². The number of hydrogen-bond donors (Lipinski definition) is 1. The molecule has 3 rings (SSSR count). The molecule has 6 nitrogen and oxygen atoms in total. The van der Waals surface area contributed by atoms with Gasteiger partial charge in [-0.25, -0.2) is 9.97 Å². The van der Waals surface area contributed by atoms with Gasteiger partial charge in [0.2, 0.25) is 5.88 Å². The Bertz CT molecular complexity index is 924. The van der Waals surface area contributed by atoms with Crippen LogP contribution in [0.1, 0.15) is 27.8 Å². The van der Waals surface area contributed by atoms with Crippen LogP contribution in [-0.2, 0) is 7.05 Å². The zero-order valence-electron chi connectivity index (χ0n) is 14.8. The summed E-state index contributed by atoms with van der Waals surface area (Å²) in [6.45, 7) is -1.44. The van der Waals surface area contributed by atoms with Gasteiger partial charge in [0.05, 0.1) is 5.56 Å². The van der Waals surface area contributed by atoms with Crippen LogP contribution in [0, 0.1) is 0 Å². The number of alkyl halides is 3. The molecule has 0 aliphatic rings. The molecule has 0 radical (unpaired) electrons. The number of nitrogens with zero attached hydrogens (tertiary/aromatic N) is 3. The van der Waals surface area contributed by atoms with E-state index in [0.29, 0.717) is 5.82 Å². The molecule has 1 N–H and O–H groups in total. The number of nitrogens with one attached hydrogen (secondary N) is 1. The van der Waals surface area contributed by atoms with Crippen LogP contribution in [0.5, 0.6) is 5.88 Å². The second kappa shape index (κ2) is 8.12. The van der Waals surface area contributed by atoms with E-state index in [4.69, 9.17) is 0 Å². The Kier molecular flexibility index (Phi) is 5.62. The van der Waals surface area contributed by atoms with Crippen LogP contribution in [0.15, 0.2) is 61.1 Å². The van der Waals surface area contributed by atoms with Gasteiger partial charge in [0.15, 0.2) is 6.61 Å². The first-order valence-electron chi connectivity index (χ1n) is 8.32. The normalized spacial score (nSPS) is 12.4. The number of pyridine rings is 1. The van der Waals surface area contributed by atoms with Gasteiger partial charge in [-0.2, -0.15) is 13.2 Å². The van der Waals surface area contributed by atoms with Gasteiger partial charge in [-0.1, -0.05) is 30.3 Å². The van der Waals surface area contributed by atoms with E-state index in [9.17, 15) is 18.0 Å². The monoisotopic (exact) mass is 390 g/mol. The average molecular weight is 390 g/mol.